The molecule has 0 spiro atoms. The first-order valence-corrected chi connectivity index (χ1v) is 15.8. The van der Waals surface area contributed by atoms with Crippen LogP contribution in [0.2, 0.25) is 0 Å². The van der Waals surface area contributed by atoms with Crippen LogP contribution in [0.25, 0.3) is 0 Å². The molecule has 2 nitrogen and oxygen atoms in total. The lowest BCUT2D eigenvalue weighted by Gasteiger charge is -2.43. The molecule has 2 aliphatic rings. The standard InChI is InChI=1S/C36H44BrNO/c1-26-8-7-9-27(2)34(26)35(39)38-22-20-36(3,21-23-38)25-29-14-12-28(13-15-29)24-33(30-10-5-4-6-11-30)31-16-18-32(37)19-17-31/h4-11,16-19,28-29,33H,12-15,20-25H2,1-3H3/t28?,29?,33-/m0/s1. The minimum atomic E-state index is 0.229. The summed E-state index contributed by atoms with van der Waals surface area (Å²) in [7, 11) is 0. The summed E-state index contributed by atoms with van der Waals surface area (Å²) < 4.78 is 1.15. The van der Waals surface area contributed by atoms with Crippen molar-refractivity contribution in [2.45, 2.75) is 78.1 Å². The molecule has 0 N–H and O–H groups in total. The van der Waals surface area contributed by atoms with E-state index in [9.17, 15) is 4.79 Å². The molecule has 0 radical (unpaired) electrons. The zero-order valence-electron chi connectivity index (χ0n) is 24.0. The normalized spacial score (nSPS) is 21.9. The van der Waals surface area contributed by atoms with Gasteiger partial charge in [-0.1, -0.05) is 109 Å². The predicted molar refractivity (Wildman–Crippen MR) is 166 cm³/mol. The highest BCUT2D eigenvalue weighted by atomic mass is 79.9. The van der Waals surface area contributed by atoms with E-state index in [4.69, 9.17) is 0 Å². The van der Waals surface area contributed by atoms with E-state index in [1.54, 1.807) is 0 Å². The summed E-state index contributed by atoms with van der Waals surface area (Å²) >= 11 is 3.61. The molecule has 1 heterocycles. The summed E-state index contributed by atoms with van der Waals surface area (Å²) in [5.41, 5.74) is 6.34. The van der Waals surface area contributed by atoms with Crippen molar-refractivity contribution < 1.29 is 4.79 Å². The fraction of sp³-hybridized carbons (Fsp3) is 0.472. The lowest BCUT2D eigenvalue weighted by Crippen LogP contribution is -2.43. The Bertz CT molecular complexity index is 1210. The average molecular weight is 587 g/mol. The second kappa shape index (κ2) is 12.4. The highest BCUT2D eigenvalue weighted by molar-refractivity contribution is 9.10. The number of benzene rings is 3. The second-order valence-electron chi connectivity index (χ2n) is 12.7. The molecule has 1 aliphatic carbocycles. The first kappa shape index (κ1) is 28.1. The van der Waals surface area contributed by atoms with Crippen LogP contribution in [0.15, 0.2) is 77.3 Å². The SMILES string of the molecule is Cc1cccc(C)c1C(=O)N1CCC(C)(CC2CCC(C[C@@H](c3ccccc3)c3ccc(Br)cc3)CC2)CC1. The number of likely N-dealkylation sites (tertiary alicyclic amines) is 1. The van der Waals surface area contributed by atoms with Gasteiger partial charge in [-0.15, -0.1) is 0 Å². The van der Waals surface area contributed by atoms with Crippen LogP contribution in [0.5, 0.6) is 0 Å². The van der Waals surface area contributed by atoms with Gasteiger partial charge in [-0.25, -0.2) is 0 Å². The number of aryl methyl sites for hydroxylation is 2. The Morgan fingerprint density at radius 1 is 0.821 bits per heavy atom. The maximum atomic E-state index is 13.3. The van der Waals surface area contributed by atoms with Crippen molar-refractivity contribution in [3.63, 3.8) is 0 Å². The van der Waals surface area contributed by atoms with Crippen LogP contribution in [-0.4, -0.2) is 23.9 Å². The Hall–Kier alpha value is -2.39. The molecule has 0 aromatic heterocycles. The van der Waals surface area contributed by atoms with Crippen molar-refractivity contribution in [1.29, 1.82) is 0 Å². The molecule has 1 aliphatic heterocycles. The van der Waals surface area contributed by atoms with Crippen LogP contribution in [0, 0.1) is 31.1 Å². The summed E-state index contributed by atoms with van der Waals surface area (Å²) in [4.78, 5) is 15.4. The molecule has 1 amide bonds. The summed E-state index contributed by atoms with van der Waals surface area (Å²) in [5.74, 6) is 2.32. The van der Waals surface area contributed by atoms with Gasteiger partial charge in [0.05, 0.1) is 0 Å². The van der Waals surface area contributed by atoms with Gasteiger partial charge in [-0.3, -0.25) is 4.79 Å². The van der Waals surface area contributed by atoms with Crippen molar-refractivity contribution in [2.24, 2.45) is 17.3 Å². The first-order valence-electron chi connectivity index (χ1n) is 15.0. The van der Waals surface area contributed by atoms with Crippen LogP contribution in [-0.2, 0) is 0 Å². The Balaban J connectivity index is 1.14. The molecule has 0 unspecified atom stereocenters. The molecular weight excluding hydrogens is 542 g/mol. The minimum absolute atomic E-state index is 0.229. The summed E-state index contributed by atoms with van der Waals surface area (Å²) in [6.45, 7) is 8.39. The maximum Gasteiger partial charge on any atom is 0.254 e. The zero-order chi connectivity index (χ0) is 27.4. The van der Waals surface area contributed by atoms with Crippen molar-refractivity contribution in [3.05, 3.63) is 105 Å². The van der Waals surface area contributed by atoms with Gasteiger partial charge in [-0.05, 0) is 91.2 Å². The van der Waals surface area contributed by atoms with Crippen molar-refractivity contribution in [3.8, 4) is 0 Å². The van der Waals surface area contributed by atoms with Gasteiger partial charge in [0, 0.05) is 29.0 Å². The smallest absolute Gasteiger partial charge is 0.254 e. The Morgan fingerprint density at radius 2 is 1.38 bits per heavy atom. The average Bonchev–Trinajstić information content (AvgIpc) is 2.94. The molecule has 1 saturated heterocycles. The Labute approximate surface area is 244 Å². The van der Waals surface area contributed by atoms with Crippen LogP contribution in [0.3, 0.4) is 0 Å². The zero-order valence-corrected chi connectivity index (χ0v) is 25.6. The third-order valence-electron chi connectivity index (χ3n) is 9.74. The predicted octanol–water partition coefficient (Wildman–Crippen LogP) is 9.73. The quantitative estimate of drug-likeness (QED) is 0.270. The number of halogens is 1. The van der Waals surface area contributed by atoms with E-state index in [1.807, 2.05) is 6.07 Å². The van der Waals surface area contributed by atoms with E-state index in [2.05, 4.69) is 108 Å². The van der Waals surface area contributed by atoms with Crippen LogP contribution in [0.4, 0.5) is 0 Å². The number of carbonyl (C=O) groups is 1. The maximum absolute atomic E-state index is 13.3. The molecule has 3 aromatic carbocycles. The van der Waals surface area contributed by atoms with E-state index in [0.717, 1.165) is 58.9 Å². The Kier molecular flexibility index (Phi) is 8.96. The van der Waals surface area contributed by atoms with Gasteiger partial charge in [-0.2, -0.15) is 0 Å². The molecule has 206 valence electrons. The summed E-state index contributed by atoms with van der Waals surface area (Å²) in [6, 6.07) is 26.2. The third kappa shape index (κ3) is 6.85. The van der Waals surface area contributed by atoms with Crippen LogP contribution >= 0.6 is 15.9 Å². The van der Waals surface area contributed by atoms with Crippen LogP contribution < -0.4 is 0 Å². The number of hydrogen-bond acceptors (Lipinski definition) is 1. The fourth-order valence-electron chi connectivity index (χ4n) is 7.31. The number of piperidine rings is 1. The molecule has 3 aromatic rings. The second-order valence-corrected chi connectivity index (χ2v) is 13.6. The first-order chi connectivity index (χ1) is 18.8. The third-order valence-corrected chi connectivity index (χ3v) is 10.3. The van der Waals surface area contributed by atoms with E-state index in [0.29, 0.717) is 11.3 Å². The lowest BCUT2D eigenvalue weighted by molar-refractivity contribution is 0.0529. The molecule has 3 heteroatoms. The van der Waals surface area contributed by atoms with E-state index >= 15 is 0 Å². The number of carbonyl (C=O) groups excluding carboxylic acids is 1. The monoisotopic (exact) mass is 585 g/mol. The summed E-state index contributed by atoms with van der Waals surface area (Å²) in [5, 5.41) is 0. The van der Waals surface area contributed by atoms with Crippen LogP contribution in [0.1, 0.15) is 96.8 Å². The highest BCUT2D eigenvalue weighted by Crippen LogP contribution is 2.45. The molecule has 2 fully saturated rings. The molecule has 39 heavy (non-hydrogen) atoms. The van der Waals surface area contributed by atoms with Gasteiger partial charge in [0.1, 0.15) is 0 Å². The number of rotatable bonds is 7. The lowest BCUT2D eigenvalue weighted by atomic mass is 9.68. The molecular formula is C36H44BrNO. The van der Waals surface area contributed by atoms with Gasteiger partial charge in [0.25, 0.3) is 5.91 Å². The fourth-order valence-corrected chi connectivity index (χ4v) is 7.57. The molecule has 0 bridgehead atoms. The Morgan fingerprint density at radius 3 is 2.00 bits per heavy atom. The van der Waals surface area contributed by atoms with Gasteiger partial charge in [0.15, 0.2) is 0 Å². The van der Waals surface area contributed by atoms with E-state index in [-0.39, 0.29) is 5.91 Å². The number of amides is 1. The highest BCUT2D eigenvalue weighted by Gasteiger charge is 2.36. The molecule has 5 rings (SSSR count). The number of nitrogens with zero attached hydrogens (tertiary/aromatic N) is 1. The topological polar surface area (TPSA) is 20.3 Å². The summed E-state index contributed by atoms with van der Waals surface area (Å²) in [6.07, 6.45) is 10.2. The molecule has 1 atom stereocenters. The minimum Gasteiger partial charge on any atom is -0.339 e. The van der Waals surface area contributed by atoms with Crippen molar-refractivity contribution >= 4 is 21.8 Å². The van der Waals surface area contributed by atoms with Crippen molar-refractivity contribution in [2.75, 3.05) is 13.1 Å². The molecule has 1 saturated carbocycles. The van der Waals surface area contributed by atoms with E-state index in [1.165, 1.54) is 49.7 Å². The van der Waals surface area contributed by atoms with E-state index < -0.39 is 0 Å². The van der Waals surface area contributed by atoms with Gasteiger partial charge >= 0.3 is 0 Å². The van der Waals surface area contributed by atoms with Gasteiger partial charge < -0.3 is 4.90 Å². The number of hydrogen-bond donors (Lipinski definition) is 0. The van der Waals surface area contributed by atoms with Gasteiger partial charge in [0.2, 0.25) is 0 Å². The largest absolute Gasteiger partial charge is 0.339 e. The van der Waals surface area contributed by atoms with Crippen molar-refractivity contribution in [1.82, 2.24) is 4.90 Å².